The minimum absolute atomic E-state index is 0.0353. The highest BCUT2D eigenvalue weighted by Gasteiger charge is 2.34. The molecule has 0 N–H and O–H groups in total. The Morgan fingerprint density at radius 2 is 1.92 bits per heavy atom. The number of ether oxygens (including phenoxy) is 1. The third-order valence-corrected chi connectivity index (χ3v) is 5.56. The summed E-state index contributed by atoms with van der Waals surface area (Å²) in [6.07, 6.45) is 3.65. The second-order valence-corrected chi connectivity index (χ2v) is 7.67. The maximum absolute atomic E-state index is 13.1. The van der Waals surface area contributed by atoms with Gasteiger partial charge in [-0.2, -0.15) is 5.10 Å². The Labute approximate surface area is 143 Å². The summed E-state index contributed by atoms with van der Waals surface area (Å²) < 4.78 is 7.62. The molecule has 4 rings (SSSR count). The van der Waals surface area contributed by atoms with Crippen molar-refractivity contribution in [1.29, 1.82) is 0 Å². The van der Waals surface area contributed by atoms with Crippen molar-refractivity contribution in [2.24, 2.45) is 13.0 Å². The molecule has 2 aliphatic heterocycles. The molecule has 3 heterocycles. The fourth-order valence-corrected chi connectivity index (χ4v) is 4.08. The molecule has 1 amide bonds. The molecule has 132 valence electrons. The van der Waals surface area contributed by atoms with E-state index in [-0.39, 0.29) is 18.1 Å². The number of amides is 1. The maximum Gasteiger partial charge on any atom is 0.272 e. The molecular formula is C18H28N4O2. The number of carbonyl (C=O) groups is 1. The molecule has 1 saturated carbocycles. The van der Waals surface area contributed by atoms with E-state index in [4.69, 9.17) is 4.74 Å². The fourth-order valence-electron chi connectivity index (χ4n) is 4.08. The smallest absolute Gasteiger partial charge is 0.272 e. The number of fused-ring (bicyclic) bond motifs is 1. The zero-order valence-corrected chi connectivity index (χ0v) is 15.0. The van der Waals surface area contributed by atoms with E-state index in [1.165, 1.54) is 19.4 Å². The van der Waals surface area contributed by atoms with E-state index in [1.54, 1.807) is 4.68 Å². The molecule has 1 aliphatic carbocycles. The van der Waals surface area contributed by atoms with Crippen molar-refractivity contribution >= 4 is 5.91 Å². The fraction of sp³-hybridized carbons (Fsp3) is 0.778. The van der Waals surface area contributed by atoms with Gasteiger partial charge in [-0.25, -0.2) is 0 Å². The second kappa shape index (κ2) is 6.15. The van der Waals surface area contributed by atoms with Crippen LogP contribution in [0.15, 0.2) is 0 Å². The molecule has 6 heteroatoms. The summed E-state index contributed by atoms with van der Waals surface area (Å²) in [4.78, 5) is 17.6. The highest BCUT2D eigenvalue weighted by molar-refractivity contribution is 5.94. The molecule has 1 aromatic heterocycles. The van der Waals surface area contributed by atoms with Gasteiger partial charge in [0.1, 0.15) is 5.69 Å². The van der Waals surface area contributed by atoms with Crippen LogP contribution in [0, 0.1) is 5.92 Å². The first-order chi connectivity index (χ1) is 11.5. The lowest BCUT2D eigenvalue weighted by molar-refractivity contribution is -0.00716. The Bertz CT molecular complexity index is 629. The first kappa shape index (κ1) is 16.1. The monoisotopic (exact) mass is 332 g/mol. The summed E-state index contributed by atoms with van der Waals surface area (Å²) in [6, 6.07) is 0. The number of hydrogen-bond donors (Lipinski definition) is 0. The van der Waals surface area contributed by atoms with E-state index in [0.29, 0.717) is 0 Å². The zero-order valence-electron chi connectivity index (χ0n) is 15.0. The molecule has 6 nitrogen and oxygen atoms in total. The second-order valence-electron chi connectivity index (χ2n) is 7.67. The third-order valence-electron chi connectivity index (χ3n) is 5.56. The van der Waals surface area contributed by atoms with Gasteiger partial charge in [-0.1, -0.05) is 0 Å². The molecular weight excluding hydrogens is 304 g/mol. The van der Waals surface area contributed by atoms with E-state index in [2.05, 4.69) is 16.9 Å². The maximum atomic E-state index is 13.1. The van der Waals surface area contributed by atoms with Gasteiger partial charge >= 0.3 is 0 Å². The Morgan fingerprint density at radius 1 is 1.21 bits per heavy atom. The molecule has 3 aliphatic rings. The molecule has 0 aromatic carbocycles. The predicted molar refractivity (Wildman–Crippen MR) is 90.9 cm³/mol. The van der Waals surface area contributed by atoms with E-state index in [0.717, 1.165) is 55.5 Å². The standard InChI is InChI=1S/C18H28N4O2/c1-12-10-15-16(13(2)24-12)19-20(3)17(15)18(23)22-8-6-21(7-9-22)11-14-4-5-14/h12-14H,4-11H2,1-3H3/t12-,13+/m1/s1. The van der Waals surface area contributed by atoms with Crippen LogP contribution in [0.3, 0.4) is 0 Å². The van der Waals surface area contributed by atoms with E-state index in [9.17, 15) is 4.79 Å². The topological polar surface area (TPSA) is 50.6 Å². The number of carbonyl (C=O) groups excluding carboxylic acids is 1. The van der Waals surface area contributed by atoms with Crippen LogP contribution in [0.1, 0.15) is 54.5 Å². The van der Waals surface area contributed by atoms with Crippen molar-refractivity contribution in [3.05, 3.63) is 17.0 Å². The Hall–Kier alpha value is -1.40. The molecule has 0 unspecified atom stereocenters. The molecule has 24 heavy (non-hydrogen) atoms. The Kier molecular flexibility index (Phi) is 4.12. The van der Waals surface area contributed by atoms with Gasteiger partial charge in [0.15, 0.2) is 0 Å². The van der Waals surface area contributed by atoms with Crippen LogP contribution < -0.4 is 0 Å². The molecule has 2 fully saturated rings. The zero-order chi connectivity index (χ0) is 16.8. The average molecular weight is 332 g/mol. The molecule has 1 aromatic rings. The van der Waals surface area contributed by atoms with Crippen LogP contribution in [0.25, 0.3) is 0 Å². The van der Waals surface area contributed by atoms with Gasteiger partial charge in [0.05, 0.1) is 17.9 Å². The number of aryl methyl sites for hydroxylation is 1. The van der Waals surface area contributed by atoms with Crippen LogP contribution in [0.5, 0.6) is 0 Å². The minimum Gasteiger partial charge on any atom is -0.369 e. The van der Waals surface area contributed by atoms with E-state index >= 15 is 0 Å². The van der Waals surface area contributed by atoms with Crippen LogP contribution in [-0.2, 0) is 18.2 Å². The van der Waals surface area contributed by atoms with Gasteiger partial charge in [0.25, 0.3) is 5.91 Å². The number of piperazine rings is 1. The first-order valence-corrected chi connectivity index (χ1v) is 9.25. The van der Waals surface area contributed by atoms with Crippen molar-refractivity contribution in [2.75, 3.05) is 32.7 Å². The first-order valence-electron chi connectivity index (χ1n) is 9.25. The van der Waals surface area contributed by atoms with Gasteiger partial charge in [-0.3, -0.25) is 14.4 Å². The molecule has 0 bridgehead atoms. The van der Waals surface area contributed by atoms with Gasteiger partial charge in [-0.05, 0) is 32.6 Å². The molecule has 1 saturated heterocycles. The van der Waals surface area contributed by atoms with Crippen molar-refractivity contribution in [3.8, 4) is 0 Å². The van der Waals surface area contributed by atoms with Gasteiger partial charge in [0, 0.05) is 51.8 Å². The largest absolute Gasteiger partial charge is 0.369 e. The summed E-state index contributed by atoms with van der Waals surface area (Å²) >= 11 is 0. The van der Waals surface area contributed by atoms with Gasteiger partial charge in [0.2, 0.25) is 0 Å². The summed E-state index contributed by atoms with van der Waals surface area (Å²) in [5.74, 6) is 1.05. The lowest BCUT2D eigenvalue weighted by Crippen LogP contribution is -2.49. The van der Waals surface area contributed by atoms with Gasteiger partial charge in [-0.15, -0.1) is 0 Å². The Balaban J connectivity index is 1.49. The third kappa shape index (κ3) is 2.97. The molecule has 0 radical (unpaired) electrons. The van der Waals surface area contributed by atoms with Crippen LogP contribution >= 0.6 is 0 Å². The van der Waals surface area contributed by atoms with Crippen molar-refractivity contribution in [1.82, 2.24) is 19.6 Å². The average Bonchev–Trinajstić information content (AvgIpc) is 3.29. The van der Waals surface area contributed by atoms with Gasteiger partial charge < -0.3 is 9.64 Å². The summed E-state index contributed by atoms with van der Waals surface area (Å²) in [5, 5.41) is 4.58. The van der Waals surface area contributed by atoms with Crippen LogP contribution in [0.4, 0.5) is 0 Å². The number of aromatic nitrogens is 2. The quantitative estimate of drug-likeness (QED) is 0.844. The lowest BCUT2D eigenvalue weighted by Gasteiger charge is -2.35. The van der Waals surface area contributed by atoms with Crippen molar-refractivity contribution in [2.45, 2.75) is 45.3 Å². The Morgan fingerprint density at radius 3 is 2.58 bits per heavy atom. The number of nitrogens with zero attached hydrogens (tertiary/aromatic N) is 4. The summed E-state index contributed by atoms with van der Waals surface area (Å²) in [6.45, 7) is 8.95. The predicted octanol–water partition coefficient (Wildman–Crippen LogP) is 1.61. The van der Waals surface area contributed by atoms with E-state index in [1.807, 2.05) is 18.9 Å². The highest BCUT2D eigenvalue weighted by Crippen LogP contribution is 2.32. The number of rotatable bonds is 3. The SMILES string of the molecule is C[C@@H]1Cc2c(nn(C)c2C(=O)N2CCN(CC3CC3)CC2)[C@H](C)O1. The minimum atomic E-state index is -0.0353. The normalized spacial score (nSPS) is 28.0. The lowest BCUT2D eigenvalue weighted by atomic mass is 9.99. The molecule has 0 spiro atoms. The molecule has 2 atom stereocenters. The van der Waals surface area contributed by atoms with Crippen LogP contribution in [0.2, 0.25) is 0 Å². The number of hydrogen-bond acceptors (Lipinski definition) is 4. The summed E-state index contributed by atoms with van der Waals surface area (Å²) in [5.41, 5.74) is 2.79. The summed E-state index contributed by atoms with van der Waals surface area (Å²) in [7, 11) is 1.88. The van der Waals surface area contributed by atoms with Crippen LogP contribution in [-0.4, -0.2) is 64.3 Å². The highest BCUT2D eigenvalue weighted by atomic mass is 16.5. The van der Waals surface area contributed by atoms with Crippen molar-refractivity contribution in [3.63, 3.8) is 0 Å². The van der Waals surface area contributed by atoms with Crippen molar-refractivity contribution < 1.29 is 9.53 Å². The van der Waals surface area contributed by atoms with E-state index < -0.39 is 0 Å².